The molecule has 168 valence electrons. The van der Waals surface area contributed by atoms with E-state index < -0.39 is 5.60 Å². The van der Waals surface area contributed by atoms with Crippen molar-refractivity contribution >= 4 is 11.9 Å². The highest BCUT2D eigenvalue weighted by Crippen LogP contribution is 2.70. The number of ether oxygens (including phenoxy) is 1. The van der Waals surface area contributed by atoms with Crippen molar-refractivity contribution in [3.8, 4) is 0 Å². The Bertz CT molecular complexity index is 720. The van der Waals surface area contributed by atoms with Crippen LogP contribution in [0.15, 0.2) is 0 Å². The first-order chi connectivity index (χ1) is 13.9. The zero-order valence-corrected chi connectivity index (χ0v) is 19.8. The molecule has 0 N–H and O–H groups in total. The highest BCUT2D eigenvalue weighted by Gasteiger charge is 2.63. The van der Waals surface area contributed by atoms with Gasteiger partial charge in [0.05, 0.1) is 0 Å². The molecule has 6 rings (SSSR count). The van der Waals surface area contributed by atoms with E-state index in [4.69, 9.17) is 4.74 Å². The van der Waals surface area contributed by atoms with Crippen LogP contribution in [0, 0.1) is 28.1 Å². The number of rotatable bonds is 2. The molecule has 1 amide bonds. The predicted octanol–water partition coefficient (Wildman–Crippen LogP) is 6.12. The Kier molecular flexibility index (Phi) is 4.50. The van der Waals surface area contributed by atoms with Crippen LogP contribution in [-0.2, 0) is 9.53 Å². The molecule has 4 saturated carbocycles. The Hall–Kier alpha value is -1.06. The van der Waals surface area contributed by atoms with Crippen molar-refractivity contribution in [3.05, 3.63) is 0 Å². The smallest absolute Gasteiger partial charge is 0.410 e. The van der Waals surface area contributed by atoms with Gasteiger partial charge in [-0.25, -0.2) is 4.79 Å². The van der Waals surface area contributed by atoms with Crippen LogP contribution >= 0.6 is 0 Å². The Morgan fingerprint density at radius 2 is 1.47 bits per heavy atom. The molecule has 30 heavy (non-hydrogen) atoms. The molecule has 4 heteroatoms. The lowest BCUT2D eigenvalue weighted by Gasteiger charge is -2.65. The van der Waals surface area contributed by atoms with E-state index in [-0.39, 0.29) is 29.5 Å². The maximum Gasteiger partial charge on any atom is 0.410 e. The molecule has 6 aliphatic rings. The van der Waals surface area contributed by atoms with Gasteiger partial charge in [0.25, 0.3) is 0 Å². The van der Waals surface area contributed by atoms with E-state index in [0.29, 0.717) is 16.6 Å². The van der Waals surface area contributed by atoms with E-state index in [0.717, 1.165) is 50.9 Å². The predicted molar refractivity (Wildman–Crippen MR) is 117 cm³/mol. The number of amides is 1. The van der Waals surface area contributed by atoms with E-state index in [1.54, 1.807) is 0 Å². The molecule has 4 aliphatic carbocycles. The second-order valence-electron chi connectivity index (χ2n) is 13.6. The first-order valence-electron chi connectivity index (χ1n) is 12.5. The molecule has 0 aromatic heterocycles. The fourth-order valence-corrected chi connectivity index (χ4v) is 9.36. The van der Waals surface area contributed by atoms with Gasteiger partial charge in [-0.1, -0.05) is 13.8 Å². The maximum atomic E-state index is 14.1. The number of hydrogen-bond acceptors (Lipinski definition) is 3. The van der Waals surface area contributed by atoms with Gasteiger partial charge in [-0.05, 0) is 108 Å². The van der Waals surface area contributed by atoms with E-state index >= 15 is 0 Å². The monoisotopic (exact) mass is 415 g/mol. The molecule has 6 fully saturated rings. The van der Waals surface area contributed by atoms with Gasteiger partial charge in [0.2, 0.25) is 0 Å². The Morgan fingerprint density at radius 1 is 0.900 bits per heavy atom. The van der Waals surface area contributed by atoms with Gasteiger partial charge in [-0.15, -0.1) is 0 Å². The van der Waals surface area contributed by atoms with Gasteiger partial charge in [-0.3, -0.25) is 4.79 Å². The zero-order chi connectivity index (χ0) is 21.5. The van der Waals surface area contributed by atoms with Crippen LogP contribution < -0.4 is 0 Å². The Labute approximate surface area is 182 Å². The normalized spacial score (nSPS) is 47.3. The SMILES string of the molecule is CC12CC3CC(C)(C1)CC(C(=O)C1CC4CCCC(C1)N4C(=O)OC(C)(C)C)(C3)C2. The molecular weight excluding hydrogens is 374 g/mol. The molecule has 4 atom stereocenters. The third-order valence-corrected chi connectivity index (χ3v) is 9.10. The Balaban J connectivity index is 1.36. The van der Waals surface area contributed by atoms with Crippen molar-refractivity contribution in [2.75, 3.05) is 0 Å². The summed E-state index contributed by atoms with van der Waals surface area (Å²) in [6.07, 6.45) is 12.1. The third kappa shape index (κ3) is 3.41. The van der Waals surface area contributed by atoms with Crippen molar-refractivity contribution in [1.29, 1.82) is 0 Å². The third-order valence-electron chi connectivity index (χ3n) is 9.10. The van der Waals surface area contributed by atoms with Crippen LogP contribution in [0.2, 0.25) is 0 Å². The van der Waals surface area contributed by atoms with E-state index in [9.17, 15) is 9.59 Å². The van der Waals surface area contributed by atoms with Gasteiger partial charge in [0.1, 0.15) is 11.4 Å². The minimum Gasteiger partial charge on any atom is -0.444 e. The largest absolute Gasteiger partial charge is 0.444 e. The second-order valence-corrected chi connectivity index (χ2v) is 13.6. The summed E-state index contributed by atoms with van der Waals surface area (Å²) in [6.45, 7) is 10.7. The van der Waals surface area contributed by atoms with Crippen molar-refractivity contribution in [2.45, 2.75) is 123 Å². The number of Topliss-reactive ketones (excluding diaryl/α,β-unsaturated/α-hetero) is 1. The van der Waals surface area contributed by atoms with Gasteiger partial charge >= 0.3 is 6.09 Å². The topological polar surface area (TPSA) is 46.6 Å². The number of nitrogens with zero attached hydrogens (tertiary/aromatic N) is 1. The molecule has 0 radical (unpaired) electrons. The number of carbonyl (C=O) groups is 2. The highest BCUT2D eigenvalue weighted by molar-refractivity contribution is 5.88. The first kappa shape index (κ1) is 20.8. The average Bonchev–Trinajstić information content (AvgIpc) is 2.55. The molecule has 6 bridgehead atoms. The lowest BCUT2D eigenvalue weighted by molar-refractivity contribution is -0.174. The summed E-state index contributed by atoms with van der Waals surface area (Å²) >= 11 is 0. The van der Waals surface area contributed by atoms with Crippen LogP contribution in [0.3, 0.4) is 0 Å². The molecule has 0 aromatic rings. The fourth-order valence-electron chi connectivity index (χ4n) is 9.36. The van der Waals surface area contributed by atoms with Crippen molar-refractivity contribution in [2.24, 2.45) is 28.1 Å². The van der Waals surface area contributed by atoms with Gasteiger partial charge in [0.15, 0.2) is 0 Å². The summed E-state index contributed by atoms with van der Waals surface area (Å²) in [6, 6.07) is 0.364. The molecule has 2 saturated heterocycles. The summed E-state index contributed by atoms with van der Waals surface area (Å²) in [7, 11) is 0. The Morgan fingerprint density at radius 3 is 1.97 bits per heavy atom. The quantitative estimate of drug-likeness (QED) is 0.546. The number of hydrogen-bond donors (Lipinski definition) is 0. The minimum atomic E-state index is -0.470. The lowest BCUT2D eigenvalue weighted by atomic mass is 9.39. The van der Waals surface area contributed by atoms with E-state index in [1.807, 2.05) is 25.7 Å². The fraction of sp³-hybridized carbons (Fsp3) is 0.923. The van der Waals surface area contributed by atoms with Crippen LogP contribution in [0.1, 0.15) is 105 Å². The minimum absolute atomic E-state index is 0.0734. The average molecular weight is 416 g/mol. The van der Waals surface area contributed by atoms with Gasteiger partial charge < -0.3 is 9.64 Å². The second kappa shape index (κ2) is 6.48. The molecule has 4 nitrogen and oxygen atoms in total. The van der Waals surface area contributed by atoms with Crippen molar-refractivity contribution < 1.29 is 14.3 Å². The van der Waals surface area contributed by atoms with Crippen LogP contribution in [-0.4, -0.2) is 34.5 Å². The molecular formula is C26H41NO3. The molecule has 2 heterocycles. The standard InChI is InChI=1S/C26H41NO3/c1-23(2,3)30-22(29)27-19-7-6-8-20(27)10-18(9-19)21(28)26-13-17-11-24(4,15-26)14-25(5,12-17)16-26/h17-20H,6-16H2,1-5H3. The summed E-state index contributed by atoms with van der Waals surface area (Å²) in [5.74, 6) is 1.47. The van der Waals surface area contributed by atoms with Crippen molar-refractivity contribution in [1.82, 2.24) is 4.90 Å². The van der Waals surface area contributed by atoms with Crippen LogP contribution in [0.5, 0.6) is 0 Å². The van der Waals surface area contributed by atoms with Gasteiger partial charge in [0, 0.05) is 23.4 Å². The van der Waals surface area contributed by atoms with E-state index in [2.05, 4.69) is 13.8 Å². The lowest BCUT2D eigenvalue weighted by Crippen LogP contribution is -2.61. The first-order valence-corrected chi connectivity index (χ1v) is 12.5. The van der Waals surface area contributed by atoms with Crippen LogP contribution in [0.4, 0.5) is 4.79 Å². The number of carbonyl (C=O) groups excluding carboxylic acids is 2. The zero-order valence-electron chi connectivity index (χ0n) is 19.8. The molecule has 0 spiro atoms. The van der Waals surface area contributed by atoms with Crippen molar-refractivity contribution in [3.63, 3.8) is 0 Å². The van der Waals surface area contributed by atoms with Gasteiger partial charge in [-0.2, -0.15) is 0 Å². The summed E-state index contributed by atoms with van der Waals surface area (Å²) in [5.41, 5.74) is 0.200. The maximum absolute atomic E-state index is 14.1. The molecule has 2 aliphatic heterocycles. The van der Waals surface area contributed by atoms with E-state index in [1.165, 1.54) is 25.7 Å². The summed E-state index contributed by atoms with van der Waals surface area (Å²) in [5, 5.41) is 0. The number of fused-ring (bicyclic) bond motifs is 2. The summed E-state index contributed by atoms with van der Waals surface area (Å²) < 4.78 is 5.74. The summed E-state index contributed by atoms with van der Waals surface area (Å²) in [4.78, 5) is 29.1. The van der Waals surface area contributed by atoms with Crippen LogP contribution in [0.25, 0.3) is 0 Å². The molecule has 4 unspecified atom stereocenters. The molecule has 0 aromatic carbocycles. The highest BCUT2D eigenvalue weighted by atomic mass is 16.6. The number of piperidine rings is 2. The number of ketones is 1.